The first kappa shape index (κ1) is 16.3. The van der Waals surface area contributed by atoms with Crippen LogP contribution in [0.3, 0.4) is 0 Å². The Morgan fingerprint density at radius 3 is 2.27 bits per heavy atom. The van der Waals surface area contributed by atoms with Crippen LogP contribution in [0.2, 0.25) is 0 Å². The second-order valence-corrected chi connectivity index (χ2v) is 7.82. The van der Waals surface area contributed by atoms with Gasteiger partial charge in [-0.05, 0) is 30.9 Å². The molecule has 0 unspecified atom stereocenters. The lowest BCUT2D eigenvalue weighted by Crippen LogP contribution is -2.52. The predicted octanol–water partition coefficient (Wildman–Crippen LogP) is 1.72. The Morgan fingerprint density at radius 2 is 1.58 bits per heavy atom. The van der Waals surface area contributed by atoms with Crippen molar-refractivity contribution < 1.29 is 19.1 Å². The highest BCUT2D eigenvalue weighted by molar-refractivity contribution is 6.14. The van der Waals surface area contributed by atoms with Gasteiger partial charge in [-0.15, -0.1) is 0 Å². The first-order valence-corrected chi connectivity index (χ1v) is 9.61. The molecule has 5 rings (SSSR count). The van der Waals surface area contributed by atoms with Gasteiger partial charge in [0.2, 0.25) is 11.8 Å². The Bertz CT molecular complexity index is 742. The zero-order chi connectivity index (χ0) is 17.8. The lowest BCUT2D eigenvalue weighted by molar-refractivity contribution is -0.188. The molecule has 2 amide bonds. The normalized spacial score (nSPS) is 25.4. The van der Waals surface area contributed by atoms with Crippen molar-refractivity contribution in [3.8, 4) is 0 Å². The highest BCUT2D eigenvalue weighted by Crippen LogP contribution is 2.51. The van der Waals surface area contributed by atoms with Crippen LogP contribution in [0.15, 0.2) is 24.3 Å². The van der Waals surface area contributed by atoms with Crippen molar-refractivity contribution >= 4 is 17.5 Å². The number of carbonyl (C=O) groups is 2. The lowest BCUT2D eigenvalue weighted by Gasteiger charge is -2.39. The summed E-state index contributed by atoms with van der Waals surface area (Å²) in [5.41, 5.74) is 1.33. The number of fused-ring (bicyclic) bond motifs is 1. The van der Waals surface area contributed by atoms with Crippen LogP contribution >= 0.6 is 0 Å². The number of hydrogen-bond acceptors (Lipinski definition) is 4. The summed E-state index contributed by atoms with van der Waals surface area (Å²) in [4.78, 5) is 30.1. The minimum Gasteiger partial charge on any atom is -0.347 e. The number of likely N-dealkylation sites (tertiary alicyclic amines) is 1. The predicted molar refractivity (Wildman–Crippen MR) is 94.6 cm³/mol. The van der Waals surface area contributed by atoms with Gasteiger partial charge in [0.1, 0.15) is 5.41 Å². The van der Waals surface area contributed by atoms with Gasteiger partial charge in [0.05, 0.1) is 13.2 Å². The maximum absolute atomic E-state index is 13.3. The quantitative estimate of drug-likeness (QED) is 0.757. The fourth-order valence-corrected chi connectivity index (χ4v) is 4.59. The largest absolute Gasteiger partial charge is 0.347 e. The van der Waals surface area contributed by atoms with Crippen LogP contribution in [0.5, 0.6) is 0 Å². The summed E-state index contributed by atoms with van der Waals surface area (Å²) in [6, 6.07) is 8.01. The zero-order valence-electron chi connectivity index (χ0n) is 14.9. The molecule has 6 nitrogen and oxygen atoms in total. The van der Waals surface area contributed by atoms with Crippen LogP contribution in [-0.4, -0.2) is 55.3 Å². The summed E-state index contributed by atoms with van der Waals surface area (Å²) in [7, 11) is 0. The smallest absolute Gasteiger partial charge is 0.242 e. The van der Waals surface area contributed by atoms with Gasteiger partial charge in [-0.25, -0.2) is 0 Å². The molecule has 1 aromatic rings. The first-order chi connectivity index (χ1) is 12.6. The molecular weight excluding hydrogens is 332 g/mol. The average molecular weight is 356 g/mol. The van der Waals surface area contributed by atoms with Crippen molar-refractivity contribution in [2.24, 2.45) is 5.41 Å². The van der Waals surface area contributed by atoms with Crippen molar-refractivity contribution in [3.05, 3.63) is 29.8 Å². The first-order valence-electron chi connectivity index (χ1n) is 9.61. The van der Waals surface area contributed by atoms with E-state index in [0.717, 1.165) is 12.1 Å². The van der Waals surface area contributed by atoms with Gasteiger partial charge < -0.3 is 19.3 Å². The number of hydrogen-bond donors (Lipinski definition) is 0. The summed E-state index contributed by atoms with van der Waals surface area (Å²) in [5, 5.41) is 0. The van der Waals surface area contributed by atoms with Crippen LogP contribution in [0, 0.1) is 5.41 Å². The number of amides is 2. The average Bonchev–Trinajstić information content (AvgIpc) is 3.18. The van der Waals surface area contributed by atoms with Crippen molar-refractivity contribution in [1.82, 2.24) is 4.90 Å². The van der Waals surface area contributed by atoms with Crippen LogP contribution in [0.25, 0.3) is 0 Å². The molecule has 1 spiro atoms. The van der Waals surface area contributed by atoms with E-state index in [2.05, 4.69) is 6.07 Å². The molecule has 4 aliphatic rings. The third-order valence-corrected chi connectivity index (χ3v) is 6.33. The third-order valence-electron chi connectivity index (χ3n) is 6.33. The fraction of sp³-hybridized carbons (Fsp3) is 0.600. The Labute approximate surface area is 153 Å². The van der Waals surface area contributed by atoms with E-state index >= 15 is 0 Å². The van der Waals surface area contributed by atoms with Gasteiger partial charge in [0, 0.05) is 38.2 Å². The van der Waals surface area contributed by atoms with Crippen molar-refractivity contribution in [2.75, 3.05) is 37.7 Å². The number of nitrogens with zero attached hydrogens (tertiary/aromatic N) is 2. The molecule has 0 radical (unpaired) electrons. The minimum atomic E-state index is -0.834. The van der Waals surface area contributed by atoms with Crippen LogP contribution in [0.4, 0.5) is 5.69 Å². The van der Waals surface area contributed by atoms with Crippen molar-refractivity contribution in [3.63, 3.8) is 0 Å². The third kappa shape index (κ3) is 2.39. The van der Waals surface area contributed by atoms with E-state index in [9.17, 15) is 9.59 Å². The van der Waals surface area contributed by atoms with E-state index < -0.39 is 11.2 Å². The number of rotatable bonds is 2. The molecule has 3 heterocycles. The zero-order valence-corrected chi connectivity index (χ0v) is 14.9. The number of benzene rings is 1. The summed E-state index contributed by atoms with van der Waals surface area (Å²) in [5.74, 6) is -0.508. The van der Waals surface area contributed by atoms with E-state index in [4.69, 9.17) is 9.47 Å². The molecule has 1 saturated carbocycles. The number of piperidine rings is 1. The maximum atomic E-state index is 13.3. The van der Waals surface area contributed by atoms with Gasteiger partial charge >= 0.3 is 0 Å². The van der Waals surface area contributed by atoms with Crippen LogP contribution in [-0.2, 0) is 25.5 Å². The number of ether oxygens (including phenoxy) is 2. The van der Waals surface area contributed by atoms with Gasteiger partial charge in [-0.1, -0.05) is 18.2 Å². The summed E-state index contributed by atoms with van der Waals surface area (Å²) in [6.45, 7) is 3.14. The number of para-hydroxylation sites is 1. The number of anilines is 1. The molecule has 3 aliphatic heterocycles. The highest BCUT2D eigenvalue weighted by atomic mass is 16.7. The lowest BCUT2D eigenvalue weighted by atomic mass is 9.98. The Balaban J connectivity index is 1.31. The molecule has 2 saturated heterocycles. The van der Waals surface area contributed by atoms with E-state index in [1.807, 2.05) is 28.0 Å². The Kier molecular flexibility index (Phi) is 3.62. The number of carbonyl (C=O) groups excluding carboxylic acids is 2. The topological polar surface area (TPSA) is 59.1 Å². The van der Waals surface area contributed by atoms with E-state index in [-0.39, 0.29) is 11.8 Å². The summed E-state index contributed by atoms with van der Waals surface area (Å²) in [6.07, 6.45) is 3.58. The molecule has 1 aliphatic carbocycles. The van der Waals surface area contributed by atoms with Crippen LogP contribution in [0.1, 0.15) is 31.2 Å². The molecule has 6 heteroatoms. The van der Waals surface area contributed by atoms with Crippen molar-refractivity contribution in [1.29, 1.82) is 0 Å². The minimum absolute atomic E-state index is 0.000252. The SMILES string of the molecule is O=C(N1CCC2(CC1)OCCO2)C1(C(=O)N2CCc3ccccc32)CC1. The standard InChI is InChI=1S/C20H24N2O4/c23-17(21-11-8-20(9-12-21)25-13-14-26-20)19(6-7-19)18(24)22-10-5-15-3-1-2-4-16(15)22/h1-4H,5-14H2. The molecular formula is C20H24N2O4. The molecule has 0 bridgehead atoms. The molecule has 3 fully saturated rings. The second-order valence-electron chi connectivity index (χ2n) is 7.82. The van der Waals surface area contributed by atoms with Gasteiger partial charge in [-0.3, -0.25) is 9.59 Å². The molecule has 0 aromatic heterocycles. The molecule has 26 heavy (non-hydrogen) atoms. The van der Waals surface area contributed by atoms with Crippen LogP contribution < -0.4 is 4.90 Å². The van der Waals surface area contributed by atoms with E-state index in [1.54, 1.807) is 0 Å². The summed E-state index contributed by atoms with van der Waals surface area (Å²) >= 11 is 0. The van der Waals surface area contributed by atoms with Gasteiger partial charge in [0.15, 0.2) is 5.79 Å². The summed E-state index contributed by atoms with van der Waals surface area (Å²) < 4.78 is 11.5. The highest BCUT2D eigenvalue weighted by Gasteiger charge is 2.60. The van der Waals surface area contributed by atoms with Gasteiger partial charge in [-0.2, -0.15) is 0 Å². The second kappa shape index (κ2) is 5.79. The molecule has 0 atom stereocenters. The Hall–Kier alpha value is -1.92. The van der Waals surface area contributed by atoms with Crippen molar-refractivity contribution in [2.45, 2.75) is 37.9 Å². The molecule has 0 N–H and O–H groups in total. The van der Waals surface area contributed by atoms with E-state index in [1.165, 1.54) is 5.56 Å². The van der Waals surface area contributed by atoms with Gasteiger partial charge in [0.25, 0.3) is 0 Å². The van der Waals surface area contributed by atoms with E-state index in [0.29, 0.717) is 58.5 Å². The maximum Gasteiger partial charge on any atom is 0.242 e. The molecule has 138 valence electrons. The Morgan fingerprint density at radius 1 is 0.885 bits per heavy atom. The molecule has 1 aromatic carbocycles. The fourth-order valence-electron chi connectivity index (χ4n) is 4.59. The monoisotopic (exact) mass is 356 g/mol.